The first-order chi connectivity index (χ1) is 14.6. The fourth-order valence-electron chi connectivity index (χ4n) is 4.10. The van der Waals surface area contributed by atoms with Crippen LogP contribution in [0.5, 0.6) is 11.5 Å². The molecule has 0 spiro atoms. The lowest BCUT2D eigenvalue weighted by molar-refractivity contribution is 0.0967. The van der Waals surface area contributed by atoms with Gasteiger partial charge in [-0.1, -0.05) is 25.1 Å². The molecule has 3 aromatic carbocycles. The van der Waals surface area contributed by atoms with Crippen LogP contribution in [0.4, 0.5) is 15.8 Å². The Bertz CT molecular complexity index is 1100. The molecular formula is C24H21FN2O3. The molecule has 30 heavy (non-hydrogen) atoms. The van der Waals surface area contributed by atoms with E-state index in [1.807, 2.05) is 36.4 Å². The van der Waals surface area contributed by atoms with Crippen molar-refractivity contribution >= 4 is 17.3 Å². The van der Waals surface area contributed by atoms with Crippen LogP contribution in [-0.2, 0) is 6.42 Å². The number of para-hydroxylation sites is 1. The minimum absolute atomic E-state index is 0.0627. The summed E-state index contributed by atoms with van der Waals surface area (Å²) in [5, 5.41) is 3.52. The van der Waals surface area contributed by atoms with Crippen LogP contribution in [-0.4, -0.2) is 18.9 Å². The van der Waals surface area contributed by atoms with E-state index in [1.54, 1.807) is 23.1 Å². The number of rotatable bonds is 4. The number of halogens is 1. The summed E-state index contributed by atoms with van der Waals surface area (Å²) in [4.78, 5) is 15.1. The number of hydrogen-bond donors (Lipinski definition) is 1. The second-order valence-electron chi connectivity index (χ2n) is 7.66. The van der Waals surface area contributed by atoms with Crippen molar-refractivity contribution in [1.82, 2.24) is 0 Å². The maximum absolute atomic E-state index is 13.5. The second-order valence-corrected chi connectivity index (χ2v) is 7.66. The van der Waals surface area contributed by atoms with E-state index in [0.29, 0.717) is 11.3 Å². The van der Waals surface area contributed by atoms with Crippen molar-refractivity contribution in [2.75, 3.05) is 17.0 Å². The lowest BCUT2D eigenvalue weighted by Crippen LogP contribution is -2.52. The molecule has 6 heteroatoms. The predicted molar refractivity (Wildman–Crippen MR) is 112 cm³/mol. The molecule has 0 saturated heterocycles. The molecule has 1 amide bonds. The average molecular weight is 404 g/mol. The van der Waals surface area contributed by atoms with Crippen molar-refractivity contribution in [3.63, 3.8) is 0 Å². The van der Waals surface area contributed by atoms with Gasteiger partial charge in [-0.3, -0.25) is 9.69 Å². The van der Waals surface area contributed by atoms with Crippen molar-refractivity contribution in [3.05, 3.63) is 83.7 Å². The third-order valence-corrected chi connectivity index (χ3v) is 5.60. The molecule has 3 aromatic rings. The largest absolute Gasteiger partial charge is 0.454 e. The molecule has 5 nitrogen and oxygen atoms in total. The van der Waals surface area contributed by atoms with E-state index in [4.69, 9.17) is 9.47 Å². The Morgan fingerprint density at radius 1 is 1.07 bits per heavy atom. The molecule has 152 valence electrons. The van der Waals surface area contributed by atoms with E-state index < -0.39 is 0 Å². The minimum atomic E-state index is -0.332. The zero-order valence-corrected chi connectivity index (χ0v) is 16.5. The van der Waals surface area contributed by atoms with Gasteiger partial charge in [-0.25, -0.2) is 4.39 Å². The number of amides is 1. The van der Waals surface area contributed by atoms with Crippen LogP contribution < -0.4 is 19.7 Å². The molecule has 2 aliphatic rings. The zero-order valence-electron chi connectivity index (χ0n) is 16.5. The Morgan fingerprint density at radius 3 is 2.67 bits per heavy atom. The van der Waals surface area contributed by atoms with E-state index in [-0.39, 0.29) is 30.6 Å². The van der Waals surface area contributed by atoms with Crippen LogP contribution in [0.3, 0.4) is 0 Å². The molecule has 0 bridgehead atoms. The number of nitrogens with one attached hydrogen (secondary N) is 1. The molecule has 0 saturated carbocycles. The number of benzene rings is 3. The molecule has 2 aliphatic heterocycles. The van der Waals surface area contributed by atoms with Gasteiger partial charge < -0.3 is 14.8 Å². The van der Waals surface area contributed by atoms with Crippen LogP contribution in [0, 0.1) is 11.7 Å². The van der Waals surface area contributed by atoms with Gasteiger partial charge in [-0.05, 0) is 66.4 Å². The minimum Gasteiger partial charge on any atom is -0.454 e. The summed E-state index contributed by atoms with van der Waals surface area (Å²) >= 11 is 0. The van der Waals surface area contributed by atoms with Crippen LogP contribution in [0.2, 0.25) is 0 Å². The summed E-state index contributed by atoms with van der Waals surface area (Å²) < 4.78 is 24.4. The number of hydrogen-bond acceptors (Lipinski definition) is 4. The van der Waals surface area contributed by atoms with Gasteiger partial charge >= 0.3 is 0 Å². The summed E-state index contributed by atoms with van der Waals surface area (Å²) in [5.41, 5.74) is 3.17. The van der Waals surface area contributed by atoms with Gasteiger partial charge in [0.1, 0.15) is 12.0 Å². The lowest BCUT2D eigenvalue weighted by Gasteiger charge is -2.41. The molecule has 5 rings (SSSR count). The average Bonchev–Trinajstić information content (AvgIpc) is 3.22. The first-order valence-corrected chi connectivity index (χ1v) is 9.93. The van der Waals surface area contributed by atoms with Gasteiger partial charge in [0.05, 0.1) is 5.56 Å². The molecule has 0 radical (unpaired) electrons. The van der Waals surface area contributed by atoms with Gasteiger partial charge in [0.15, 0.2) is 11.5 Å². The topological polar surface area (TPSA) is 50.8 Å². The maximum atomic E-state index is 13.5. The Morgan fingerprint density at radius 2 is 1.83 bits per heavy atom. The number of ether oxygens (including phenoxy) is 2. The number of anilines is 2. The van der Waals surface area contributed by atoms with Gasteiger partial charge in [0.25, 0.3) is 5.91 Å². The molecule has 2 heterocycles. The van der Waals surface area contributed by atoms with E-state index in [0.717, 1.165) is 29.2 Å². The summed E-state index contributed by atoms with van der Waals surface area (Å²) in [6, 6.07) is 19.4. The fraction of sp³-hybridized carbons (Fsp3) is 0.208. The van der Waals surface area contributed by atoms with E-state index in [2.05, 4.69) is 12.2 Å². The first kappa shape index (κ1) is 18.5. The number of nitrogens with zero attached hydrogens (tertiary/aromatic N) is 1. The molecule has 0 fully saturated rings. The summed E-state index contributed by atoms with van der Waals surface area (Å²) in [5.74, 6) is 1.13. The van der Waals surface area contributed by atoms with E-state index in [9.17, 15) is 9.18 Å². The molecule has 2 atom stereocenters. The maximum Gasteiger partial charge on any atom is 0.262 e. The Hall–Kier alpha value is -3.54. The number of carbonyl (C=O) groups excluding carboxylic acids is 1. The number of carbonyl (C=O) groups is 1. The molecule has 0 aromatic heterocycles. The SMILES string of the molecule is CC(Cc1ccc2c(c1)OCO2)C1Nc2ccccc2C(=O)N1c1ccc(F)cc1. The van der Waals surface area contributed by atoms with Crippen LogP contribution in [0.25, 0.3) is 0 Å². The monoisotopic (exact) mass is 404 g/mol. The normalized spacial score (nSPS) is 18.0. The lowest BCUT2D eigenvalue weighted by atomic mass is 9.94. The number of fused-ring (bicyclic) bond motifs is 2. The van der Waals surface area contributed by atoms with Crippen molar-refractivity contribution in [3.8, 4) is 11.5 Å². The van der Waals surface area contributed by atoms with Gasteiger partial charge in [0, 0.05) is 11.4 Å². The summed E-state index contributed by atoms with van der Waals surface area (Å²) in [7, 11) is 0. The Labute approximate surface area is 174 Å². The smallest absolute Gasteiger partial charge is 0.262 e. The highest BCUT2D eigenvalue weighted by Gasteiger charge is 2.36. The fourth-order valence-corrected chi connectivity index (χ4v) is 4.10. The van der Waals surface area contributed by atoms with Gasteiger partial charge in [-0.15, -0.1) is 0 Å². The standard InChI is InChI=1S/C24H21FN2O3/c1-15(12-16-6-11-21-22(13-16)30-14-29-21)23-26-20-5-3-2-4-19(20)24(28)27(23)18-9-7-17(25)8-10-18/h2-11,13,15,23,26H,12,14H2,1H3. The molecule has 2 unspecified atom stereocenters. The van der Waals surface area contributed by atoms with Gasteiger partial charge in [-0.2, -0.15) is 0 Å². The van der Waals surface area contributed by atoms with Gasteiger partial charge in [0.2, 0.25) is 6.79 Å². The second kappa shape index (κ2) is 7.37. The highest BCUT2D eigenvalue weighted by atomic mass is 19.1. The summed E-state index contributed by atoms with van der Waals surface area (Å²) in [6.07, 6.45) is 0.435. The third kappa shape index (κ3) is 3.24. The van der Waals surface area contributed by atoms with Crippen molar-refractivity contribution < 1.29 is 18.7 Å². The summed E-state index contributed by atoms with van der Waals surface area (Å²) in [6.45, 7) is 2.34. The Balaban J connectivity index is 1.48. The van der Waals surface area contributed by atoms with Crippen molar-refractivity contribution in [2.24, 2.45) is 5.92 Å². The van der Waals surface area contributed by atoms with Crippen molar-refractivity contribution in [2.45, 2.75) is 19.5 Å². The third-order valence-electron chi connectivity index (χ3n) is 5.60. The highest BCUT2D eigenvalue weighted by molar-refractivity contribution is 6.12. The quantitative estimate of drug-likeness (QED) is 0.677. The van der Waals surface area contributed by atoms with E-state index in [1.165, 1.54) is 12.1 Å². The first-order valence-electron chi connectivity index (χ1n) is 9.93. The van der Waals surface area contributed by atoms with E-state index >= 15 is 0 Å². The van der Waals surface area contributed by atoms with Crippen LogP contribution in [0.15, 0.2) is 66.7 Å². The van der Waals surface area contributed by atoms with Crippen LogP contribution in [0.1, 0.15) is 22.8 Å². The van der Waals surface area contributed by atoms with Crippen molar-refractivity contribution in [1.29, 1.82) is 0 Å². The van der Waals surface area contributed by atoms with Crippen LogP contribution >= 0.6 is 0 Å². The molecule has 0 aliphatic carbocycles. The molecular weight excluding hydrogens is 383 g/mol. The Kier molecular flexibility index (Phi) is 4.54. The predicted octanol–water partition coefficient (Wildman–Crippen LogP) is 4.83. The zero-order chi connectivity index (χ0) is 20.7. The highest BCUT2D eigenvalue weighted by Crippen LogP contribution is 2.36. The molecule has 1 N–H and O–H groups in total.